The van der Waals surface area contributed by atoms with Crippen LogP contribution in [0.15, 0.2) is 24.3 Å². The second-order valence-electron chi connectivity index (χ2n) is 6.59. The van der Waals surface area contributed by atoms with E-state index >= 15 is 0 Å². The van der Waals surface area contributed by atoms with Gasteiger partial charge in [-0.2, -0.15) is 0 Å². The number of unbranched alkanes of at least 4 members (excludes halogenated alkanes) is 1. The summed E-state index contributed by atoms with van der Waals surface area (Å²) in [4.78, 5) is 14.4. The summed E-state index contributed by atoms with van der Waals surface area (Å²) in [5.41, 5.74) is 0. The van der Waals surface area contributed by atoms with Crippen molar-refractivity contribution >= 4 is 5.97 Å². The van der Waals surface area contributed by atoms with E-state index in [2.05, 4.69) is 11.8 Å². The molecule has 0 aliphatic carbocycles. The number of rotatable bonds is 6. The maximum absolute atomic E-state index is 12.0. The van der Waals surface area contributed by atoms with Crippen molar-refractivity contribution in [3.05, 3.63) is 24.3 Å². The zero-order valence-electron chi connectivity index (χ0n) is 14.4. The Balaban J connectivity index is 1.41. The summed E-state index contributed by atoms with van der Waals surface area (Å²) in [5, 5.41) is 0. The van der Waals surface area contributed by atoms with E-state index < -0.39 is 0 Å². The molecule has 0 bridgehead atoms. The van der Waals surface area contributed by atoms with E-state index in [-0.39, 0.29) is 18.0 Å². The van der Waals surface area contributed by atoms with Crippen molar-refractivity contribution in [1.29, 1.82) is 0 Å². The number of ether oxygens (including phenoxy) is 3. The molecule has 1 unspecified atom stereocenters. The molecule has 0 amide bonds. The van der Waals surface area contributed by atoms with E-state index in [4.69, 9.17) is 14.2 Å². The van der Waals surface area contributed by atoms with Crippen LogP contribution in [-0.4, -0.2) is 49.8 Å². The van der Waals surface area contributed by atoms with E-state index in [1.807, 2.05) is 24.3 Å². The number of carbonyl (C=O) groups is 1. The van der Waals surface area contributed by atoms with Crippen LogP contribution in [0.2, 0.25) is 0 Å². The first-order valence-corrected chi connectivity index (χ1v) is 9.03. The molecule has 0 spiro atoms. The molecular formula is C19H27NO4. The minimum Gasteiger partial charge on any atom is -0.486 e. The van der Waals surface area contributed by atoms with Gasteiger partial charge in [0.15, 0.2) is 11.5 Å². The molecule has 3 rings (SSSR count). The van der Waals surface area contributed by atoms with Crippen LogP contribution in [0.3, 0.4) is 0 Å². The van der Waals surface area contributed by atoms with Gasteiger partial charge in [0.25, 0.3) is 0 Å². The third kappa shape index (κ3) is 4.41. The van der Waals surface area contributed by atoms with Gasteiger partial charge in [-0.25, -0.2) is 0 Å². The van der Waals surface area contributed by atoms with E-state index in [1.165, 1.54) is 0 Å². The average Bonchev–Trinajstić information content (AvgIpc) is 2.62. The molecule has 2 heterocycles. The van der Waals surface area contributed by atoms with Gasteiger partial charge in [-0.1, -0.05) is 25.5 Å². The summed E-state index contributed by atoms with van der Waals surface area (Å²) >= 11 is 0. The van der Waals surface area contributed by atoms with Crippen LogP contribution in [0.5, 0.6) is 11.5 Å². The molecule has 2 aliphatic heterocycles. The highest BCUT2D eigenvalue weighted by Crippen LogP contribution is 2.31. The standard InChI is InChI=1S/C19H27NO4/c1-2-3-12-22-19(21)15-8-10-20(11-9-15)13-16-14-23-17-6-4-5-7-18(17)24-16/h4-7,15-16H,2-3,8-14H2,1H3. The SMILES string of the molecule is CCCCOC(=O)C1CCN(CC2COc3ccccc3O2)CC1. The number of hydrogen-bond acceptors (Lipinski definition) is 5. The number of carbonyl (C=O) groups excluding carboxylic acids is 1. The predicted molar refractivity (Wildman–Crippen MR) is 91.4 cm³/mol. The van der Waals surface area contributed by atoms with Crippen molar-refractivity contribution in [1.82, 2.24) is 4.90 Å². The zero-order chi connectivity index (χ0) is 16.8. The van der Waals surface area contributed by atoms with Crippen LogP contribution in [0.4, 0.5) is 0 Å². The van der Waals surface area contributed by atoms with Gasteiger partial charge in [-0.15, -0.1) is 0 Å². The second kappa shape index (κ2) is 8.38. The number of fused-ring (bicyclic) bond motifs is 1. The highest BCUT2D eigenvalue weighted by Gasteiger charge is 2.29. The van der Waals surface area contributed by atoms with Crippen molar-refractivity contribution in [2.24, 2.45) is 5.92 Å². The van der Waals surface area contributed by atoms with Crippen LogP contribution >= 0.6 is 0 Å². The maximum atomic E-state index is 12.0. The lowest BCUT2D eigenvalue weighted by molar-refractivity contribution is -0.150. The first-order valence-electron chi connectivity index (χ1n) is 9.03. The van der Waals surface area contributed by atoms with Crippen molar-refractivity contribution in [2.45, 2.75) is 38.7 Å². The number of benzene rings is 1. The summed E-state index contributed by atoms with van der Waals surface area (Å²) in [7, 11) is 0. The fraction of sp³-hybridized carbons (Fsp3) is 0.632. The fourth-order valence-electron chi connectivity index (χ4n) is 3.23. The minimum atomic E-state index is -0.0192. The van der Waals surface area contributed by atoms with Crippen LogP contribution in [-0.2, 0) is 9.53 Å². The monoisotopic (exact) mass is 333 g/mol. The van der Waals surface area contributed by atoms with Crippen LogP contribution in [0.25, 0.3) is 0 Å². The Hall–Kier alpha value is -1.75. The van der Waals surface area contributed by atoms with E-state index in [9.17, 15) is 4.79 Å². The molecule has 24 heavy (non-hydrogen) atoms. The Morgan fingerprint density at radius 2 is 2.00 bits per heavy atom. The Bertz CT molecular complexity index is 540. The average molecular weight is 333 g/mol. The van der Waals surface area contributed by atoms with Crippen LogP contribution in [0, 0.1) is 5.92 Å². The van der Waals surface area contributed by atoms with Crippen molar-refractivity contribution in [3.63, 3.8) is 0 Å². The molecule has 5 nitrogen and oxygen atoms in total. The lowest BCUT2D eigenvalue weighted by Gasteiger charge is -2.35. The molecule has 132 valence electrons. The largest absolute Gasteiger partial charge is 0.486 e. The first kappa shape index (κ1) is 17.1. The number of hydrogen-bond donors (Lipinski definition) is 0. The summed E-state index contributed by atoms with van der Waals surface area (Å²) in [6.07, 6.45) is 3.79. The third-order valence-corrected chi connectivity index (χ3v) is 4.69. The fourth-order valence-corrected chi connectivity index (χ4v) is 3.23. The van der Waals surface area contributed by atoms with Gasteiger partial charge >= 0.3 is 5.97 Å². The summed E-state index contributed by atoms with van der Waals surface area (Å²) < 4.78 is 17.1. The number of para-hydroxylation sites is 2. The van der Waals surface area contributed by atoms with Crippen molar-refractivity contribution in [3.8, 4) is 11.5 Å². The van der Waals surface area contributed by atoms with Gasteiger partial charge in [-0.05, 0) is 44.5 Å². The summed E-state index contributed by atoms with van der Waals surface area (Å²) in [5.74, 6) is 1.68. The minimum absolute atomic E-state index is 0.0192. The highest BCUT2D eigenvalue weighted by atomic mass is 16.6. The number of nitrogens with zero attached hydrogens (tertiary/aromatic N) is 1. The molecule has 0 saturated carbocycles. The molecule has 0 aromatic heterocycles. The third-order valence-electron chi connectivity index (χ3n) is 4.69. The molecule has 1 atom stereocenters. The molecule has 0 radical (unpaired) electrons. The van der Waals surface area contributed by atoms with E-state index in [0.29, 0.717) is 13.2 Å². The van der Waals surface area contributed by atoms with E-state index in [1.54, 1.807) is 0 Å². The molecule has 1 saturated heterocycles. The molecule has 5 heteroatoms. The maximum Gasteiger partial charge on any atom is 0.309 e. The first-order chi connectivity index (χ1) is 11.8. The topological polar surface area (TPSA) is 48.0 Å². The molecule has 1 fully saturated rings. The zero-order valence-corrected chi connectivity index (χ0v) is 14.4. The number of likely N-dealkylation sites (tertiary alicyclic amines) is 1. The molecular weight excluding hydrogens is 306 g/mol. The van der Waals surface area contributed by atoms with Gasteiger partial charge in [0.05, 0.1) is 12.5 Å². The van der Waals surface area contributed by atoms with Crippen molar-refractivity contribution < 1.29 is 19.0 Å². The Morgan fingerprint density at radius 1 is 1.25 bits per heavy atom. The lowest BCUT2D eigenvalue weighted by atomic mass is 9.97. The van der Waals surface area contributed by atoms with Gasteiger partial charge < -0.3 is 14.2 Å². The predicted octanol–water partition coefficient (Wildman–Crippen LogP) is 2.88. The Morgan fingerprint density at radius 3 is 2.75 bits per heavy atom. The highest BCUT2D eigenvalue weighted by molar-refractivity contribution is 5.72. The molecule has 1 aromatic carbocycles. The molecule has 2 aliphatic rings. The smallest absolute Gasteiger partial charge is 0.309 e. The summed E-state index contributed by atoms with van der Waals surface area (Å²) in [6.45, 7) is 5.90. The van der Waals surface area contributed by atoms with Crippen LogP contribution < -0.4 is 9.47 Å². The number of piperidine rings is 1. The quantitative estimate of drug-likeness (QED) is 0.592. The van der Waals surface area contributed by atoms with Crippen molar-refractivity contribution in [2.75, 3.05) is 32.8 Å². The Kier molecular flexibility index (Phi) is 5.96. The van der Waals surface area contributed by atoms with Gasteiger partial charge in [0, 0.05) is 6.54 Å². The molecule has 0 N–H and O–H groups in total. The second-order valence-corrected chi connectivity index (χ2v) is 6.59. The normalized spacial score (nSPS) is 21.5. The van der Waals surface area contributed by atoms with Gasteiger partial charge in [0.2, 0.25) is 0 Å². The number of esters is 1. The van der Waals surface area contributed by atoms with Gasteiger partial charge in [-0.3, -0.25) is 9.69 Å². The van der Waals surface area contributed by atoms with Crippen LogP contribution in [0.1, 0.15) is 32.6 Å². The molecule has 1 aromatic rings. The Labute approximate surface area is 143 Å². The van der Waals surface area contributed by atoms with E-state index in [0.717, 1.165) is 56.8 Å². The van der Waals surface area contributed by atoms with Gasteiger partial charge in [0.1, 0.15) is 12.7 Å². The lowest BCUT2D eigenvalue weighted by Crippen LogP contribution is -2.45. The summed E-state index contributed by atoms with van der Waals surface area (Å²) in [6, 6.07) is 7.79.